The standard InChI is InChI=1S/C9H22N.C4H8O2/c1-5-6-7-8-9-10(2,3)4;1-2-3-4(5)6/h5-9H2,1-4H3;2-3H2,1H3,(H,5,6)/q+1;/p-1. The summed E-state index contributed by atoms with van der Waals surface area (Å²) in [6.45, 7) is 5.38. The van der Waals surface area contributed by atoms with E-state index >= 15 is 0 Å². The van der Waals surface area contributed by atoms with E-state index in [2.05, 4.69) is 28.1 Å². The Morgan fingerprint density at radius 1 is 1.00 bits per heavy atom. The van der Waals surface area contributed by atoms with E-state index in [9.17, 15) is 9.90 Å². The molecule has 0 aromatic heterocycles. The molecule has 0 saturated heterocycles. The number of carboxylic acids is 1. The van der Waals surface area contributed by atoms with Gasteiger partial charge in [0.1, 0.15) is 0 Å². The fourth-order valence-corrected chi connectivity index (χ4v) is 1.22. The minimum absolute atomic E-state index is 0.181. The van der Waals surface area contributed by atoms with Gasteiger partial charge in [0.25, 0.3) is 0 Å². The number of unbranched alkanes of at least 4 members (excludes halogenated alkanes) is 3. The number of carbonyl (C=O) groups is 1. The lowest BCUT2D eigenvalue weighted by atomic mass is 10.2. The molecule has 0 aliphatic rings. The number of nitrogens with zero attached hydrogens (tertiary/aromatic N) is 1. The quantitative estimate of drug-likeness (QED) is 0.495. The van der Waals surface area contributed by atoms with Gasteiger partial charge in [0.05, 0.1) is 27.7 Å². The summed E-state index contributed by atoms with van der Waals surface area (Å²) in [5.74, 6) is -0.961. The molecule has 0 aromatic rings. The second-order valence-corrected chi connectivity index (χ2v) is 5.20. The lowest BCUT2D eigenvalue weighted by molar-refractivity contribution is -0.870. The number of carboxylic acid groups (broad SMARTS) is 1. The van der Waals surface area contributed by atoms with Gasteiger partial charge in [0.2, 0.25) is 0 Å². The summed E-state index contributed by atoms with van der Waals surface area (Å²) >= 11 is 0. The van der Waals surface area contributed by atoms with Crippen molar-refractivity contribution in [3.05, 3.63) is 0 Å². The van der Waals surface area contributed by atoms with Gasteiger partial charge in [-0.15, -0.1) is 0 Å². The van der Waals surface area contributed by atoms with Crippen molar-refractivity contribution in [3.8, 4) is 0 Å². The summed E-state index contributed by atoms with van der Waals surface area (Å²) in [6, 6.07) is 0. The fraction of sp³-hybridized carbons (Fsp3) is 0.923. The number of hydrogen-bond donors (Lipinski definition) is 0. The lowest BCUT2D eigenvalue weighted by Gasteiger charge is -2.23. The van der Waals surface area contributed by atoms with Crippen molar-refractivity contribution in [2.75, 3.05) is 27.7 Å². The predicted octanol–water partition coefficient (Wildman–Crippen LogP) is 1.81. The number of hydrogen-bond acceptors (Lipinski definition) is 2. The zero-order valence-corrected chi connectivity index (χ0v) is 11.7. The van der Waals surface area contributed by atoms with Crippen LogP contribution in [0, 0.1) is 0 Å². The van der Waals surface area contributed by atoms with E-state index < -0.39 is 5.97 Å². The molecular formula is C13H29NO2. The number of carbonyl (C=O) groups excluding carboxylic acids is 1. The van der Waals surface area contributed by atoms with Crippen molar-refractivity contribution >= 4 is 5.97 Å². The smallest absolute Gasteiger partial charge is 0.0780 e. The summed E-state index contributed by atoms with van der Waals surface area (Å²) in [4.78, 5) is 9.49. The molecule has 0 aromatic carbocycles. The Balaban J connectivity index is 0. The van der Waals surface area contributed by atoms with Crippen LogP contribution in [0.5, 0.6) is 0 Å². The highest BCUT2D eigenvalue weighted by molar-refractivity contribution is 5.63. The van der Waals surface area contributed by atoms with E-state index in [0.29, 0.717) is 6.42 Å². The first-order valence-electron chi connectivity index (χ1n) is 6.33. The topological polar surface area (TPSA) is 40.1 Å². The molecule has 0 bridgehead atoms. The summed E-state index contributed by atoms with van der Waals surface area (Å²) in [5, 5.41) is 9.49. The Hall–Kier alpha value is -0.570. The van der Waals surface area contributed by atoms with Crippen LogP contribution in [0.2, 0.25) is 0 Å². The average Bonchev–Trinajstić information content (AvgIpc) is 2.12. The minimum Gasteiger partial charge on any atom is -0.550 e. The molecule has 0 unspecified atom stereocenters. The van der Waals surface area contributed by atoms with E-state index in [1.165, 1.54) is 32.2 Å². The molecule has 0 heterocycles. The Labute approximate surface area is 101 Å². The van der Waals surface area contributed by atoms with Crippen LogP contribution in [0.3, 0.4) is 0 Å². The molecule has 0 N–H and O–H groups in total. The first kappa shape index (κ1) is 17.8. The van der Waals surface area contributed by atoms with Gasteiger partial charge < -0.3 is 14.4 Å². The first-order valence-corrected chi connectivity index (χ1v) is 6.33. The highest BCUT2D eigenvalue weighted by Crippen LogP contribution is 2.01. The second-order valence-electron chi connectivity index (χ2n) is 5.20. The monoisotopic (exact) mass is 231 g/mol. The van der Waals surface area contributed by atoms with Crippen molar-refractivity contribution in [2.24, 2.45) is 0 Å². The molecule has 0 aliphatic carbocycles. The normalized spacial score (nSPS) is 10.6. The predicted molar refractivity (Wildman–Crippen MR) is 67.0 cm³/mol. The molecule has 0 aliphatic heterocycles. The van der Waals surface area contributed by atoms with Crippen LogP contribution in [0.15, 0.2) is 0 Å². The number of aliphatic carboxylic acids is 1. The van der Waals surface area contributed by atoms with E-state index in [4.69, 9.17) is 0 Å². The molecular weight excluding hydrogens is 202 g/mol. The van der Waals surface area contributed by atoms with Crippen molar-refractivity contribution in [2.45, 2.75) is 52.4 Å². The van der Waals surface area contributed by atoms with Crippen LogP contribution in [-0.4, -0.2) is 38.1 Å². The molecule has 16 heavy (non-hydrogen) atoms. The highest BCUT2D eigenvalue weighted by atomic mass is 16.4. The molecule has 0 atom stereocenters. The van der Waals surface area contributed by atoms with E-state index in [1.807, 2.05) is 0 Å². The van der Waals surface area contributed by atoms with Gasteiger partial charge in [-0.25, -0.2) is 0 Å². The first-order chi connectivity index (χ1) is 7.33. The van der Waals surface area contributed by atoms with Gasteiger partial charge >= 0.3 is 0 Å². The van der Waals surface area contributed by atoms with E-state index in [1.54, 1.807) is 6.92 Å². The van der Waals surface area contributed by atoms with Crippen molar-refractivity contribution < 1.29 is 14.4 Å². The maximum atomic E-state index is 9.49. The van der Waals surface area contributed by atoms with Gasteiger partial charge in [-0.2, -0.15) is 0 Å². The molecule has 0 spiro atoms. The molecule has 0 fully saturated rings. The Morgan fingerprint density at radius 2 is 1.56 bits per heavy atom. The van der Waals surface area contributed by atoms with Gasteiger partial charge in [-0.3, -0.25) is 0 Å². The molecule has 3 nitrogen and oxygen atoms in total. The van der Waals surface area contributed by atoms with Crippen molar-refractivity contribution in [1.29, 1.82) is 0 Å². The lowest BCUT2D eigenvalue weighted by Crippen LogP contribution is -2.35. The third-order valence-electron chi connectivity index (χ3n) is 2.14. The molecule has 0 radical (unpaired) electrons. The Kier molecular flexibility index (Phi) is 12.2. The van der Waals surface area contributed by atoms with Crippen molar-refractivity contribution in [3.63, 3.8) is 0 Å². The zero-order chi connectivity index (χ0) is 13.0. The maximum absolute atomic E-state index is 9.49. The molecule has 0 amide bonds. The number of quaternary nitrogens is 1. The van der Waals surface area contributed by atoms with Gasteiger partial charge in [-0.05, 0) is 19.3 Å². The van der Waals surface area contributed by atoms with Crippen LogP contribution in [0.25, 0.3) is 0 Å². The SMILES string of the molecule is CCCC(=O)[O-].CCCCCC[N+](C)(C)C. The van der Waals surface area contributed by atoms with Crippen LogP contribution < -0.4 is 5.11 Å². The van der Waals surface area contributed by atoms with Crippen LogP contribution in [0.1, 0.15) is 52.4 Å². The molecule has 98 valence electrons. The Bertz CT molecular complexity index is 162. The maximum Gasteiger partial charge on any atom is 0.0780 e. The fourth-order valence-electron chi connectivity index (χ4n) is 1.22. The minimum atomic E-state index is -0.961. The molecule has 0 rings (SSSR count). The van der Waals surface area contributed by atoms with Gasteiger partial charge in [-0.1, -0.05) is 33.1 Å². The molecule has 3 heteroatoms. The van der Waals surface area contributed by atoms with Crippen LogP contribution >= 0.6 is 0 Å². The Morgan fingerprint density at radius 3 is 1.81 bits per heavy atom. The van der Waals surface area contributed by atoms with Crippen LogP contribution in [0.4, 0.5) is 0 Å². The zero-order valence-electron chi connectivity index (χ0n) is 11.7. The summed E-state index contributed by atoms with van der Waals surface area (Å²) in [6.07, 6.45) is 6.39. The summed E-state index contributed by atoms with van der Waals surface area (Å²) < 4.78 is 1.11. The average molecular weight is 231 g/mol. The molecule has 0 saturated carbocycles. The highest BCUT2D eigenvalue weighted by Gasteiger charge is 2.04. The third-order valence-corrected chi connectivity index (χ3v) is 2.14. The largest absolute Gasteiger partial charge is 0.550 e. The van der Waals surface area contributed by atoms with Crippen LogP contribution in [-0.2, 0) is 4.79 Å². The summed E-state index contributed by atoms with van der Waals surface area (Å²) in [5.41, 5.74) is 0. The second kappa shape index (κ2) is 10.9. The van der Waals surface area contributed by atoms with Gasteiger partial charge in [0.15, 0.2) is 0 Å². The van der Waals surface area contributed by atoms with Crippen molar-refractivity contribution in [1.82, 2.24) is 0 Å². The van der Waals surface area contributed by atoms with E-state index in [-0.39, 0.29) is 6.42 Å². The van der Waals surface area contributed by atoms with E-state index in [0.717, 1.165) is 4.48 Å². The third kappa shape index (κ3) is 23.3. The summed E-state index contributed by atoms with van der Waals surface area (Å²) in [7, 11) is 6.77. The van der Waals surface area contributed by atoms with Gasteiger partial charge in [0, 0.05) is 5.97 Å². The number of rotatable bonds is 7.